The number of hydrogen-bond donors (Lipinski definition) is 1. The van der Waals surface area contributed by atoms with Gasteiger partial charge in [0.15, 0.2) is 0 Å². The zero-order valence-corrected chi connectivity index (χ0v) is 12.5. The topological polar surface area (TPSA) is 54.9 Å². The van der Waals surface area contributed by atoms with Gasteiger partial charge in [0.1, 0.15) is 5.15 Å². The van der Waals surface area contributed by atoms with Crippen molar-refractivity contribution in [2.75, 3.05) is 11.5 Å². The molecule has 0 aliphatic heterocycles. The van der Waals surface area contributed by atoms with E-state index >= 15 is 0 Å². The standard InChI is InChI=1S/C12H19ClN2O2S/c1-4-6-9-10(13)14-12(17)15(11(9)16)8(3)7-18-5-2/h8H,4-7H2,1-3H3,(H,14,17). The molecule has 1 rings (SSSR count). The number of H-pyrrole nitrogens is 1. The Morgan fingerprint density at radius 1 is 1.39 bits per heavy atom. The summed E-state index contributed by atoms with van der Waals surface area (Å²) in [6.45, 7) is 5.90. The van der Waals surface area contributed by atoms with Gasteiger partial charge in [-0.05, 0) is 19.1 Å². The first kappa shape index (κ1) is 15.4. The van der Waals surface area contributed by atoms with Crippen LogP contribution < -0.4 is 11.2 Å². The Labute approximate surface area is 116 Å². The van der Waals surface area contributed by atoms with Crippen molar-refractivity contribution in [3.8, 4) is 0 Å². The Balaban J connectivity index is 3.23. The van der Waals surface area contributed by atoms with Crippen LogP contribution in [0.2, 0.25) is 5.15 Å². The fourth-order valence-corrected chi connectivity index (χ4v) is 2.77. The van der Waals surface area contributed by atoms with Crippen molar-refractivity contribution < 1.29 is 0 Å². The van der Waals surface area contributed by atoms with E-state index in [0.29, 0.717) is 12.0 Å². The molecule has 6 heteroatoms. The maximum Gasteiger partial charge on any atom is 0.329 e. The third kappa shape index (κ3) is 3.42. The predicted octanol–water partition coefficient (Wildman–Crippen LogP) is 2.46. The zero-order chi connectivity index (χ0) is 13.7. The van der Waals surface area contributed by atoms with Crippen molar-refractivity contribution in [3.63, 3.8) is 0 Å². The summed E-state index contributed by atoms with van der Waals surface area (Å²) in [7, 11) is 0. The van der Waals surface area contributed by atoms with Crippen molar-refractivity contribution in [1.82, 2.24) is 9.55 Å². The molecule has 102 valence electrons. The van der Waals surface area contributed by atoms with Crippen LogP contribution >= 0.6 is 23.4 Å². The highest BCUT2D eigenvalue weighted by Gasteiger charge is 2.16. The lowest BCUT2D eigenvalue weighted by Crippen LogP contribution is -2.40. The molecule has 1 aromatic rings. The molecular formula is C12H19ClN2O2S. The monoisotopic (exact) mass is 290 g/mol. The number of hydrogen-bond acceptors (Lipinski definition) is 3. The van der Waals surface area contributed by atoms with Crippen LogP contribution in [0.25, 0.3) is 0 Å². The van der Waals surface area contributed by atoms with Gasteiger partial charge in [-0.2, -0.15) is 11.8 Å². The van der Waals surface area contributed by atoms with Gasteiger partial charge in [0.05, 0.1) is 5.56 Å². The first-order valence-electron chi connectivity index (χ1n) is 6.13. The first-order chi connectivity index (χ1) is 8.52. The quantitative estimate of drug-likeness (QED) is 0.819. The van der Waals surface area contributed by atoms with Crippen molar-refractivity contribution in [1.29, 1.82) is 0 Å². The van der Waals surface area contributed by atoms with Crippen LogP contribution in [0.3, 0.4) is 0 Å². The van der Waals surface area contributed by atoms with Crippen LogP contribution in [0.1, 0.15) is 38.8 Å². The SMILES string of the molecule is CCCc1c(Cl)[nH]c(=O)n(C(C)CSCC)c1=O. The number of halogens is 1. The summed E-state index contributed by atoms with van der Waals surface area (Å²) < 4.78 is 1.28. The molecule has 0 saturated heterocycles. The van der Waals surface area contributed by atoms with Crippen LogP contribution in [0, 0.1) is 0 Å². The van der Waals surface area contributed by atoms with E-state index in [1.807, 2.05) is 13.8 Å². The summed E-state index contributed by atoms with van der Waals surface area (Å²) >= 11 is 7.63. The van der Waals surface area contributed by atoms with Gasteiger partial charge >= 0.3 is 5.69 Å². The molecule has 0 spiro atoms. The number of rotatable bonds is 6. The fraction of sp³-hybridized carbons (Fsp3) is 0.667. The van der Waals surface area contributed by atoms with E-state index in [-0.39, 0.29) is 16.8 Å². The molecule has 0 saturated carbocycles. The third-order valence-electron chi connectivity index (χ3n) is 2.68. The normalized spacial score (nSPS) is 12.7. The maximum absolute atomic E-state index is 12.3. The lowest BCUT2D eigenvalue weighted by Gasteiger charge is -2.15. The molecule has 0 amide bonds. The summed E-state index contributed by atoms with van der Waals surface area (Å²) in [4.78, 5) is 26.6. The summed E-state index contributed by atoms with van der Waals surface area (Å²) in [6.07, 6.45) is 1.40. The highest BCUT2D eigenvalue weighted by molar-refractivity contribution is 7.99. The van der Waals surface area contributed by atoms with Gasteiger partial charge in [-0.3, -0.25) is 14.3 Å². The van der Waals surface area contributed by atoms with Crippen molar-refractivity contribution in [2.45, 2.75) is 39.7 Å². The van der Waals surface area contributed by atoms with Crippen LogP contribution in [0.4, 0.5) is 0 Å². The molecule has 0 bridgehead atoms. The molecule has 1 unspecified atom stereocenters. The minimum absolute atomic E-state index is 0.126. The molecule has 18 heavy (non-hydrogen) atoms. The van der Waals surface area contributed by atoms with Crippen molar-refractivity contribution >= 4 is 23.4 Å². The van der Waals surface area contributed by atoms with Crippen LogP contribution in [0.5, 0.6) is 0 Å². The Bertz CT molecular complexity index is 510. The molecule has 4 nitrogen and oxygen atoms in total. The predicted molar refractivity (Wildman–Crippen MR) is 78.0 cm³/mol. The number of aromatic nitrogens is 2. The highest BCUT2D eigenvalue weighted by atomic mass is 35.5. The van der Waals surface area contributed by atoms with E-state index in [4.69, 9.17) is 11.6 Å². The number of nitrogens with one attached hydrogen (secondary N) is 1. The summed E-state index contributed by atoms with van der Waals surface area (Å²) in [6, 6.07) is -0.126. The molecule has 1 N–H and O–H groups in total. The summed E-state index contributed by atoms with van der Waals surface area (Å²) in [5.41, 5.74) is -0.170. The van der Waals surface area contributed by atoms with Crippen LogP contribution in [-0.2, 0) is 6.42 Å². The third-order valence-corrected chi connectivity index (χ3v) is 4.13. The largest absolute Gasteiger partial charge is 0.329 e. The number of nitrogens with zero attached hydrogens (tertiary/aromatic N) is 1. The van der Waals surface area contributed by atoms with E-state index in [2.05, 4.69) is 11.9 Å². The average molecular weight is 291 g/mol. The molecule has 1 atom stereocenters. The van der Waals surface area contributed by atoms with Crippen LogP contribution in [-0.4, -0.2) is 21.1 Å². The highest BCUT2D eigenvalue weighted by Crippen LogP contribution is 2.13. The van der Waals surface area contributed by atoms with Gasteiger partial charge in [0.2, 0.25) is 0 Å². The molecule has 1 heterocycles. The Morgan fingerprint density at radius 2 is 2.06 bits per heavy atom. The molecule has 0 aromatic carbocycles. The van der Waals surface area contributed by atoms with E-state index in [9.17, 15) is 9.59 Å². The smallest absolute Gasteiger partial charge is 0.297 e. The second-order valence-electron chi connectivity index (χ2n) is 4.16. The molecular weight excluding hydrogens is 272 g/mol. The molecule has 1 aromatic heterocycles. The Morgan fingerprint density at radius 3 is 2.61 bits per heavy atom. The zero-order valence-electron chi connectivity index (χ0n) is 11.0. The lowest BCUT2D eigenvalue weighted by molar-refractivity contribution is 0.546. The molecule has 0 aliphatic carbocycles. The van der Waals surface area contributed by atoms with Gasteiger partial charge < -0.3 is 0 Å². The van der Waals surface area contributed by atoms with Gasteiger partial charge in [0.25, 0.3) is 5.56 Å². The van der Waals surface area contributed by atoms with Gasteiger partial charge in [-0.15, -0.1) is 0 Å². The number of aromatic amines is 1. The van der Waals surface area contributed by atoms with Gasteiger partial charge in [0, 0.05) is 11.8 Å². The maximum atomic E-state index is 12.3. The summed E-state index contributed by atoms with van der Waals surface area (Å²) in [5.74, 6) is 1.71. The van der Waals surface area contributed by atoms with E-state index in [0.717, 1.165) is 17.9 Å². The Hall–Kier alpha value is -0.680. The van der Waals surface area contributed by atoms with Crippen LogP contribution in [0.15, 0.2) is 9.59 Å². The fourth-order valence-electron chi connectivity index (χ4n) is 1.79. The van der Waals surface area contributed by atoms with Crippen molar-refractivity contribution in [2.24, 2.45) is 0 Å². The van der Waals surface area contributed by atoms with E-state index < -0.39 is 5.69 Å². The second kappa shape index (κ2) is 7.04. The minimum atomic E-state index is -0.422. The average Bonchev–Trinajstić information content (AvgIpc) is 2.31. The number of thioether (sulfide) groups is 1. The van der Waals surface area contributed by atoms with Gasteiger partial charge in [-0.25, -0.2) is 4.79 Å². The van der Waals surface area contributed by atoms with Crippen molar-refractivity contribution in [3.05, 3.63) is 31.6 Å². The molecule has 0 aliphatic rings. The van der Waals surface area contributed by atoms with Gasteiger partial charge in [-0.1, -0.05) is 31.9 Å². The Kier molecular flexibility index (Phi) is 6.02. The molecule has 0 fully saturated rings. The second-order valence-corrected chi connectivity index (χ2v) is 5.85. The molecule has 0 radical (unpaired) electrons. The minimum Gasteiger partial charge on any atom is -0.297 e. The van der Waals surface area contributed by atoms with E-state index in [1.165, 1.54) is 4.57 Å². The lowest BCUT2D eigenvalue weighted by atomic mass is 10.2. The first-order valence-corrected chi connectivity index (χ1v) is 7.67. The van der Waals surface area contributed by atoms with E-state index in [1.54, 1.807) is 11.8 Å². The summed E-state index contributed by atoms with van der Waals surface area (Å²) in [5, 5.41) is 0.179.